The molecule has 20 heavy (non-hydrogen) atoms. The number of benzene rings is 1. The maximum absolute atomic E-state index is 13.6. The van der Waals surface area contributed by atoms with E-state index in [9.17, 15) is 13.6 Å². The molecule has 0 bridgehead atoms. The van der Waals surface area contributed by atoms with Crippen LogP contribution in [-0.4, -0.2) is 29.8 Å². The van der Waals surface area contributed by atoms with Gasteiger partial charge in [0, 0.05) is 12.6 Å². The number of hydrogen-bond acceptors (Lipinski definition) is 2. The Hall–Kier alpha value is -1.29. The van der Waals surface area contributed by atoms with Gasteiger partial charge in [0.25, 0.3) is 0 Å². The molecule has 1 fully saturated rings. The van der Waals surface area contributed by atoms with E-state index in [4.69, 9.17) is 0 Å². The molecule has 110 valence electrons. The number of ketones is 1. The van der Waals surface area contributed by atoms with Crippen molar-refractivity contribution >= 4 is 5.78 Å². The van der Waals surface area contributed by atoms with Crippen LogP contribution in [0.25, 0.3) is 0 Å². The number of piperidine rings is 1. The molecule has 1 aliphatic heterocycles. The molecule has 4 heteroatoms. The molecule has 0 radical (unpaired) electrons. The van der Waals surface area contributed by atoms with Gasteiger partial charge in [-0.1, -0.05) is 13.8 Å². The average Bonchev–Trinajstić information content (AvgIpc) is 2.38. The molecule has 1 heterocycles. The predicted octanol–water partition coefficient (Wildman–Crippen LogP) is 3.51. The van der Waals surface area contributed by atoms with Crippen molar-refractivity contribution in [3.05, 3.63) is 35.4 Å². The molecule has 0 amide bonds. The SMILES string of the molecule is CC1CC(C)C(C)N(CC(=O)c2cc(F)ccc2F)C1. The van der Waals surface area contributed by atoms with E-state index in [1.54, 1.807) is 0 Å². The molecule has 1 aliphatic rings. The normalized spacial score (nSPS) is 27.6. The summed E-state index contributed by atoms with van der Waals surface area (Å²) < 4.78 is 26.8. The van der Waals surface area contributed by atoms with Crippen molar-refractivity contribution < 1.29 is 13.6 Å². The lowest BCUT2D eigenvalue weighted by atomic mass is 9.86. The van der Waals surface area contributed by atoms with Crippen molar-refractivity contribution in [2.24, 2.45) is 11.8 Å². The van der Waals surface area contributed by atoms with E-state index >= 15 is 0 Å². The van der Waals surface area contributed by atoms with Gasteiger partial charge in [-0.15, -0.1) is 0 Å². The standard InChI is InChI=1S/C16H21F2NO/c1-10-6-11(2)12(3)19(8-10)9-16(20)14-7-13(17)4-5-15(14)18/h4-5,7,10-12H,6,8-9H2,1-3H3. The summed E-state index contributed by atoms with van der Waals surface area (Å²) >= 11 is 0. The average molecular weight is 281 g/mol. The van der Waals surface area contributed by atoms with Crippen LogP contribution in [0.15, 0.2) is 18.2 Å². The Morgan fingerprint density at radius 2 is 2.00 bits per heavy atom. The van der Waals surface area contributed by atoms with E-state index < -0.39 is 11.6 Å². The quantitative estimate of drug-likeness (QED) is 0.790. The molecule has 0 aromatic heterocycles. The van der Waals surface area contributed by atoms with Gasteiger partial charge in [0.2, 0.25) is 0 Å². The molecule has 0 N–H and O–H groups in total. The van der Waals surface area contributed by atoms with E-state index in [2.05, 4.69) is 25.7 Å². The summed E-state index contributed by atoms with van der Waals surface area (Å²) in [5.74, 6) is -0.559. The Morgan fingerprint density at radius 3 is 2.70 bits per heavy atom. The van der Waals surface area contributed by atoms with Crippen LogP contribution in [-0.2, 0) is 0 Å². The van der Waals surface area contributed by atoms with E-state index in [0.717, 1.165) is 31.2 Å². The minimum absolute atomic E-state index is 0.149. The molecule has 2 rings (SSSR count). The number of halogens is 2. The minimum atomic E-state index is -0.651. The number of Topliss-reactive ketones (excluding diaryl/α,β-unsaturated/α-hetero) is 1. The molecule has 1 saturated heterocycles. The van der Waals surface area contributed by atoms with Crippen molar-refractivity contribution in [1.29, 1.82) is 0 Å². The summed E-state index contributed by atoms with van der Waals surface area (Å²) in [6.07, 6.45) is 1.14. The molecule has 0 aliphatic carbocycles. The summed E-state index contributed by atoms with van der Waals surface area (Å²) in [7, 11) is 0. The van der Waals surface area contributed by atoms with Crippen LogP contribution < -0.4 is 0 Å². The summed E-state index contributed by atoms with van der Waals surface area (Å²) in [5.41, 5.74) is -0.150. The highest BCUT2D eigenvalue weighted by atomic mass is 19.1. The highest BCUT2D eigenvalue weighted by molar-refractivity contribution is 5.97. The fraction of sp³-hybridized carbons (Fsp3) is 0.562. The van der Waals surface area contributed by atoms with Crippen molar-refractivity contribution in [1.82, 2.24) is 4.90 Å². The lowest BCUT2D eigenvalue weighted by Crippen LogP contribution is -2.47. The van der Waals surface area contributed by atoms with Gasteiger partial charge in [-0.3, -0.25) is 9.69 Å². The zero-order valence-corrected chi connectivity index (χ0v) is 12.2. The zero-order valence-electron chi connectivity index (χ0n) is 12.2. The van der Waals surface area contributed by atoms with Gasteiger partial charge in [0.15, 0.2) is 5.78 Å². The molecule has 0 saturated carbocycles. The van der Waals surface area contributed by atoms with Crippen molar-refractivity contribution in [2.75, 3.05) is 13.1 Å². The smallest absolute Gasteiger partial charge is 0.179 e. The number of rotatable bonds is 3. The Bertz CT molecular complexity index is 503. The van der Waals surface area contributed by atoms with E-state index in [0.29, 0.717) is 11.8 Å². The highest BCUT2D eigenvalue weighted by Gasteiger charge is 2.30. The molecular formula is C16H21F2NO. The number of hydrogen-bond donors (Lipinski definition) is 0. The van der Waals surface area contributed by atoms with Crippen molar-refractivity contribution in [3.63, 3.8) is 0 Å². The van der Waals surface area contributed by atoms with Gasteiger partial charge in [-0.05, 0) is 43.4 Å². The number of likely N-dealkylation sites (tertiary alicyclic amines) is 1. The van der Waals surface area contributed by atoms with Crippen LogP contribution in [0.2, 0.25) is 0 Å². The largest absolute Gasteiger partial charge is 0.293 e. The second-order valence-corrected chi connectivity index (χ2v) is 6.04. The second-order valence-electron chi connectivity index (χ2n) is 6.04. The first-order valence-corrected chi connectivity index (χ1v) is 7.10. The first-order valence-electron chi connectivity index (χ1n) is 7.10. The summed E-state index contributed by atoms with van der Waals surface area (Å²) in [6.45, 7) is 7.39. The minimum Gasteiger partial charge on any atom is -0.293 e. The lowest BCUT2D eigenvalue weighted by molar-refractivity contribution is 0.0647. The summed E-state index contributed by atoms with van der Waals surface area (Å²) in [6, 6.07) is 3.30. The highest BCUT2D eigenvalue weighted by Crippen LogP contribution is 2.27. The van der Waals surface area contributed by atoms with Crippen LogP contribution in [0.5, 0.6) is 0 Å². The molecule has 3 unspecified atom stereocenters. The third-order valence-corrected chi connectivity index (χ3v) is 4.30. The predicted molar refractivity (Wildman–Crippen MR) is 74.7 cm³/mol. The first kappa shape index (κ1) is 15.1. The number of carbonyl (C=O) groups excluding carboxylic acids is 1. The van der Waals surface area contributed by atoms with Gasteiger partial charge in [0.1, 0.15) is 11.6 Å². The van der Waals surface area contributed by atoms with Gasteiger partial charge >= 0.3 is 0 Å². The Kier molecular flexibility index (Phi) is 4.53. The van der Waals surface area contributed by atoms with Gasteiger partial charge in [-0.2, -0.15) is 0 Å². The van der Waals surface area contributed by atoms with Gasteiger partial charge in [-0.25, -0.2) is 8.78 Å². The molecule has 0 spiro atoms. The molecular weight excluding hydrogens is 260 g/mol. The van der Waals surface area contributed by atoms with Gasteiger partial charge < -0.3 is 0 Å². The fourth-order valence-electron chi connectivity index (χ4n) is 3.02. The van der Waals surface area contributed by atoms with Crippen LogP contribution in [0.3, 0.4) is 0 Å². The maximum atomic E-state index is 13.6. The second kappa shape index (κ2) is 6.00. The summed E-state index contributed by atoms with van der Waals surface area (Å²) in [4.78, 5) is 14.3. The fourth-order valence-corrected chi connectivity index (χ4v) is 3.02. The maximum Gasteiger partial charge on any atom is 0.179 e. The molecule has 3 atom stereocenters. The zero-order chi connectivity index (χ0) is 14.9. The lowest BCUT2D eigenvalue weighted by Gasteiger charge is -2.40. The molecule has 1 aromatic carbocycles. The number of nitrogens with zero attached hydrogens (tertiary/aromatic N) is 1. The van der Waals surface area contributed by atoms with Crippen LogP contribution in [0, 0.1) is 23.5 Å². The Labute approximate surface area is 118 Å². The summed E-state index contributed by atoms with van der Waals surface area (Å²) in [5, 5.41) is 0. The van der Waals surface area contributed by atoms with Crippen LogP contribution in [0.4, 0.5) is 8.78 Å². The van der Waals surface area contributed by atoms with Gasteiger partial charge in [0.05, 0.1) is 12.1 Å². The third-order valence-electron chi connectivity index (χ3n) is 4.30. The van der Waals surface area contributed by atoms with Crippen molar-refractivity contribution in [2.45, 2.75) is 33.2 Å². The van der Waals surface area contributed by atoms with E-state index in [1.807, 2.05) is 0 Å². The first-order chi connectivity index (χ1) is 9.38. The monoisotopic (exact) mass is 281 g/mol. The van der Waals surface area contributed by atoms with Crippen molar-refractivity contribution in [3.8, 4) is 0 Å². The van der Waals surface area contributed by atoms with Crippen LogP contribution >= 0.6 is 0 Å². The van der Waals surface area contributed by atoms with E-state index in [1.165, 1.54) is 0 Å². The molecule has 2 nitrogen and oxygen atoms in total. The number of carbonyl (C=O) groups is 1. The van der Waals surface area contributed by atoms with E-state index in [-0.39, 0.29) is 23.9 Å². The Morgan fingerprint density at radius 1 is 1.30 bits per heavy atom. The third kappa shape index (κ3) is 3.23. The van der Waals surface area contributed by atoms with Crippen LogP contribution in [0.1, 0.15) is 37.6 Å². The molecule has 1 aromatic rings. The topological polar surface area (TPSA) is 20.3 Å². The Balaban J connectivity index is 2.12.